The number of amides is 1. The van der Waals surface area contributed by atoms with Crippen molar-refractivity contribution in [2.45, 2.75) is 20.4 Å². The van der Waals surface area contributed by atoms with Gasteiger partial charge in [-0.1, -0.05) is 23.5 Å². The molecule has 1 amide bonds. The van der Waals surface area contributed by atoms with Crippen LogP contribution in [0.3, 0.4) is 0 Å². The lowest BCUT2D eigenvalue weighted by atomic mass is 10.2. The Morgan fingerprint density at radius 1 is 1.21 bits per heavy atom. The number of halogens is 2. The summed E-state index contributed by atoms with van der Waals surface area (Å²) in [6, 6.07) is 10.9. The SMILES string of the molecule is COc1cccc2cc(C(=O)N(CCn3nc(C)cc3C)c3nc4c(F)cc(F)cc4s3)oc12. The lowest BCUT2D eigenvalue weighted by molar-refractivity contribution is 0.0961. The molecule has 2 aromatic carbocycles. The zero-order valence-corrected chi connectivity index (χ0v) is 19.4. The number of hydrogen-bond donors (Lipinski definition) is 0. The molecular weight excluding hydrogens is 462 g/mol. The Balaban J connectivity index is 1.56. The summed E-state index contributed by atoms with van der Waals surface area (Å²) in [5, 5.41) is 5.39. The summed E-state index contributed by atoms with van der Waals surface area (Å²) in [6.07, 6.45) is 0. The third-order valence-electron chi connectivity index (χ3n) is 5.46. The van der Waals surface area contributed by atoms with Crippen LogP contribution in [0, 0.1) is 25.5 Å². The summed E-state index contributed by atoms with van der Waals surface area (Å²) in [7, 11) is 1.52. The number of anilines is 1. The first-order chi connectivity index (χ1) is 16.3. The van der Waals surface area contributed by atoms with Crippen LogP contribution in [0.4, 0.5) is 13.9 Å². The van der Waals surface area contributed by atoms with Crippen molar-refractivity contribution < 1.29 is 22.7 Å². The average molecular weight is 483 g/mol. The van der Waals surface area contributed by atoms with Crippen LogP contribution in [-0.2, 0) is 6.54 Å². The number of rotatable bonds is 6. The van der Waals surface area contributed by atoms with E-state index in [1.807, 2.05) is 26.0 Å². The first-order valence-electron chi connectivity index (χ1n) is 10.5. The van der Waals surface area contributed by atoms with Crippen LogP contribution in [0.1, 0.15) is 21.9 Å². The predicted molar refractivity (Wildman–Crippen MR) is 126 cm³/mol. The van der Waals surface area contributed by atoms with Gasteiger partial charge in [0.25, 0.3) is 5.91 Å². The summed E-state index contributed by atoms with van der Waals surface area (Å²) in [5.74, 6) is -1.36. The standard InChI is InChI=1S/C24H20F2N4O3S/c1-13-9-14(2)30(28-13)8-7-29(24-27-21-17(26)11-16(25)12-20(21)34-24)23(31)19-10-15-5-4-6-18(32-3)22(15)33-19/h4-6,9-12H,7-8H2,1-3H3. The third kappa shape index (κ3) is 3.90. The van der Waals surface area contributed by atoms with Gasteiger partial charge in [-0.05, 0) is 38.1 Å². The molecular formula is C24H20F2N4O3S. The van der Waals surface area contributed by atoms with Crippen LogP contribution in [0.25, 0.3) is 21.2 Å². The van der Waals surface area contributed by atoms with E-state index in [9.17, 15) is 13.6 Å². The number of hydrogen-bond acceptors (Lipinski definition) is 6. The van der Waals surface area contributed by atoms with E-state index in [1.165, 1.54) is 18.1 Å². The fourth-order valence-electron chi connectivity index (χ4n) is 3.88. The molecule has 0 atom stereocenters. The van der Waals surface area contributed by atoms with Gasteiger partial charge in [-0.2, -0.15) is 5.10 Å². The molecule has 0 spiro atoms. The first kappa shape index (κ1) is 22.0. The van der Waals surface area contributed by atoms with Gasteiger partial charge in [0.2, 0.25) is 0 Å². The van der Waals surface area contributed by atoms with Crippen LogP contribution in [0.2, 0.25) is 0 Å². The van der Waals surface area contributed by atoms with Crippen molar-refractivity contribution >= 4 is 43.6 Å². The fourth-order valence-corrected chi connectivity index (χ4v) is 4.91. The van der Waals surface area contributed by atoms with Crippen LogP contribution in [-0.4, -0.2) is 34.3 Å². The molecule has 0 saturated heterocycles. The maximum Gasteiger partial charge on any atom is 0.295 e. The number of benzene rings is 2. The normalized spacial score (nSPS) is 11.4. The molecule has 0 radical (unpaired) electrons. The number of methoxy groups -OCH3 is 1. The summed E-state index contributed by atoms with van der Waals surface area (Å²) >= 11 is 1.03. The molecule has 7 nitrogen and oxygen atoms in total. The number of carbonyl (C=O) groups is 1. The molecule has 0 N–H and O–H groups in total. The van der Waals surface area contributed by atoms with Gasteiger partial charge in [0.15, 0.2) is 28.0 Å². The highest BCUT2D eigenvalue weighted by Crippen LogP contribution is 2.34. The molecule has 0 aliphatic carbocycles. The zero-order chi connectivity index (χ0) is 24.0. The van der Waals surface area contributed by atoms with Crippen LogP contribution in [0.15, 0.2) is 46.9 Å². The van der Waals surface area contributed by atoms with Gasteiger partial charge in [0.1, 0.15) is 11.3 Å². The monoisotopic (exact) mass is 482 g/mol. The van der Waals surface area contributed by atoms with Crippen LogP contribution >= 0.6 is 11.3 Å². The molecule has 174 valence electrons. The van der Waals surface area contributed by atoms with Crippen molar-refractivity contribution in [3.8, 4) is 5.75 Å². The Kier molecular flexibility index (Phi) is 5.52. The fraction of sp³-hybridized carbons (Fsp3) is 0.208. The van der Waals surface area contributed by atoms with E-state index in [4.69, 9.17) is 9.15 Å². The molecule has 0 unspecified atom stereocenters. The summed E-state index contributed by atoms with van der Waals surface area (Å²) in [6.45, 7) is 4.38. The van der Waals surface area contributed by atoms with E-state index < -0.39 is 17.5 Å². The van der Waals surface area contributed by atoms with E-state index in [2.05, 4.69) is 10.1 Å². The zero-order valence-electron chi connectivity index (χ0n) is 18.6. The van der Waals surface area contributed by atoms with Gasteiger partial charge in [-0.15, -0.1) is 0 Å². The van der Waals surface area contributed by atoms with Crippen molar-refractivity contribution in [3.05, 3.63) is 71.2 Å². The molecule has 10 heteroatoms. The third-order valence-corrected chi connectivity index (χ3v) is 6.48. The van der Waals surface area contributed by atoms with Crippen LogP contribution in [0.5, 0.6) is 5.75 Å². The molecule has 3 heterocycles. The summed E-state index contributed by atoms with van der Waals surface area (Å²) < 4.78 is 41.4. The van der Waals surface area contributed by atoms with E-state index in [-0.39, 0.29) is 23.0 Å². The van der Waals surface area contributed by atoms with E-state index in [0.717, 1.165) is 28.8 Å². The Hall–Kier alpha value is -3.79. The molecule has 0 bridgehead atoms. The van der Waals surface area contributed by atoms with E-state index in [0.29, 0.717) is 28.0 Å². The maximum absolute atomic E-state index is 14.3. The van der Waals surface area contributed by atoms with Crippen LogP contribution < -0.4 is 9.64 Å². The Bertz CT molecular complexity index is 1540. The summed E-state index contributed by atoms with van der Waals surface area (Å²) in [4.78, 5) is 19.3. The van der Waals surface area contributed by atoms with Gasteiger partial charge in [0, 0.05) is 23.7 Å². The molecule has 5 aromatic rings. The number of aryl methyl sites for hydroxylation is 2. The molecule has 3 aromatic heterocycles. The number of furan rings is 1. The minimum atomic E-state index is -0.781. The highest BCUT2D eigenvalue weighted by Gasteiger charge is 2.26. The Labute approximate surface area is 197 Å². The number of thiazole rings is 1. The van der Waals surface area contributed by atoms with Crippen molar-refractivity contribution in [2.75, 3.05) is 18.6 Å². The molecule has 0 aliphatic heterocycles. The molecule has 0 saturated carbocycles. The highest BCUT2D eigenvalue weighted by atomic mass is 32.1. The van der Waals surface area contributed by atoms with Crippen molar-refractivity contribution in [3.63, 3.8) is 0 Å². The topological polar surface area (TPSA) is 73.4 Å². The minimum absolute atomic E-state index is 0.0107. The number of fused-ring (bicyclic) bond motifs is 2. The van der Waals surface area contributed by atoms with Gasteiger partial charge in [-0.25, -0.2) is 13.8 Å². The van der Waals surface area contributed by atoms with E-state index >= 15 is 0 Å². The predicted octanol–water partition coefficient (Wildman–Crippen LogP) is 5.49. The second-order valence-corrected chi connectivity index (χ2v) is 8.84. The van der Waals surface area contributed by atoms with Gasteiger partial charge in [-0.3, -0.25) is 14.4 Å². The number of aromatic nitrogens is 3. The number of nitrogens with zero attached hydrogens (tertiary/aromatic N) is 4. The second kappa shape index (κ2) is 8.53. The maximum atomic E-state index is 14.3. The van der Waals surface area contributed by atoms with Gasteiger partial charge < -0.3 is 9.15 Å². The summed E-state index contributed by atoms with van der Waals surface area (Å²) in [5.41, 5.74) is 2.26. The van der Waals surface area contributed by atoms with Crippen molar-refractivity contribution in [2.24, 2.45) is 0 Å². The van der Waals surface area contributed by atoms with E-state index in [1.54, 1.807) is 22.9 Å². The number of ether oxygens (including phenoxy) is 1. The lowest BCUT2D eigenvalue weighted by Gasteiger charge is -2.19. The minimum Gasteiger partial charge on any atom is -0.493 e. The molecule has 0 aliphatic rings. The second-order valence-electron chi connectivity index (χ2n) is 7.83. The number of para-hydroxylation sites is 1. The van der Waals surface area contributed by atoms with Crippen molar-refractivity contribution in [1.29, 1.82) is 0 Å². The lowest BCUT2D eigenvalue weighted by Crippen LogP contribution is -2.34. The van der Waals surface area contributed by atoms with Gasteiger partial charge in [0.05, 0.1) is 24.0 Å². The molecule has 0 fully saturated rings. The first-order valence-corrected chi connectivity index (χ1v) is 11.3. The quantitative estimate of drug-likeness (QED) is 0.320. The molecule has 5 rings (SSSR count). The number of carbonyl (C=O) groups excluding carboxylic acids is 1. The van der Waals surface area contributed by atoms with Gasteiger partial charge >= 0.3 is 0 Å². The smallest absolute Gasteiger partial charge is 0.295 e. The van der Waals surface area contributed by atoms with Crippen molar-refractivity contribution in [1.82, 2.24) is 14.8 Å². The Morgan fingerprint density at radius 2 is 2.03 bits per heavy atom. The highest BCUT2D eigenvalue weighted by molar-refractivity contribution is 7.22. The Morgan fingerprint density at radius 3 is 2.76 bits per heavy atom. The average Bonchev–Trinajstić information content (AvgIpc) is 3.50. The largest absolute Gasteiger partial charge is 0.493 e. The molecule has 34 heavy (non-hydrogen) atoms.